The van der Waals surface area contributed by atoms with Crippen molar-refractivity contribution < 1.29 is 23.6 Å². The molecule has 1 aromatic heterocycles. The number of esters is 1. The fourth-order valence-electron chi connectivity index (χ4n) is 4.91. The van der Waals surface area contributed by atoms with E-state index in [4.69, 9.17) is 25.6 Å². The Balaban J connectivity index is 1.26. The van der Waals surface area contributed by atoms with E-state index >= 15 is 0 Å². The van der Waals surface area contributed by atoms with Crippen molar-refractivity contribution >= 4 is 35.0 Å². The van der Waals surface area contributed by atoms with E-state index in [0.29, 0.717) is 28.7 Å². The van der Waals surface area contributed by atoms with Crippen LogP contribution < -0.4 is 10.2 Å². The normalized spacial score (nSPS) is 15.5. The number of halogens is 1. The predicted octanol–water partition coefficient (Wildman–Crippen LogP) is 7.28. The van der Waals surface area contributed by atoms with Crippen molar-refractivity contribution in [2.45, 2.75) is 26.4 Å². The molecule has 0 unspecified atom stereocenters. The van der Waals surface area contributed by atoms with Crippen LogP contribution in [0.3, 0.4) is 0 Å². The first-order chi connectivity index (χ1) is 19.3. The Morgan fingerprint density at radius 3 is 2.35 bits per heavy atom. The van der Waals surface area contributed by atoms with Crippen molar-refractivity contribution in [2.75, 3.05) is 30.4 Å². The quantitative estimate of drug-likeness (QED) is 0.238. The Morgan fingerprint density at radius 2 is 1.68 bits per heavy atom. The van der Waals surface area contributed by atoms with Gasteiger partial charge in [0.1, 0.15) is 17.5 Å². The summed E-state index contributed by atoms with van der Waals surface area (Å²) in [6, 6.07) is 23.3. The van der Waals surface area contributed by atoms with E-state index in [1.807, 2.05) is 42.5 Å². The van der Waals surface area contributed by atoms with Gasteiger partial charge in [0.25, 0.3) is 0 Å². The molecule has 8 nitrogen and oxygen atoms in total. The highest BCUT2D eigenvalue weighted by molar-refractivity contribution is 6.31. The number of ether oxygens (including phenoxy) is 2. The van der Waals surface area contributed by atoms with Crippen LogP contribution in [0.15, 0.2) is 77.3 Å². The first kappa shape index (κ1) is 27.3. The number of hydrogen-bond acceptors (Lipinski definition) is 7. The second-order valence-corrected chi connectivity index (χ2v) is 10.2. The van der Waals surface area contributed by atoms with Crippen LogP contribution in [0.5, 0.6) is 0 Å². The minimum absolute atomic E-state index is 0.0797. The maximum Gasteiger partial charge on any atom is 0.412 e. The molecule has 0 radical (unpaired) electrons. The molecular formula is C31H30ClN3O5. The lowest BCUT2D eigenvalue weighted by atomic mass is 10.0. The Morgan fingerprint density at radius 1 is 1.02 bits per heavy atom. The van der Waals surface area contributed by atoms with Gasteiger partial charge in [0.2, 0.25) is 0 Å². The van der Waals surface area contributed by atoms with Crippen molar-refractivity contribution in [3.63, 3.8) is 0 Å². The Bertz CT molecular complexity index is 1500. The Labute approximate surface area is 237 Å². The summed E-state index contributed by atoms with van der Waals surface area (Å²) in [5.74, 6) is 0.211. The molecule has 40 heavy (non-hydrogen) atoms. The summed E-state index contributed by atoms with van der Waals surface area (Å²) in [6.45, 7) is 5.01. The van der Waals surface area contributed by atoms with Gasteiger partial charge in [-0.25, -0.2) is 4.79 Å². The zero-order valence-corrected chi connectivity index (χ0v) is 23.3. The Kier molecular flexibility index (Phi) is 8.07. The molecule has 1 aliphatic rings. The van der Waals surface area contributed by atoms with E-state index in [1.54, 1.807) is 19.9 Å². The highest BCUT2D eigenvalue weighted by atomic mass is 35.5. The summed E-state index contributed by atoms with van der Waals surface area (Å²) in [4.78, 5) is 26.8. The SMILES string of the molecule is COC(=O)[C@@H]1CCN(c2ccc(-c3ccc(-c4onc(C)c4NC(=O)O[C@H](C)c4ccccc4Cl)cc3)cc2)C1. The van der Waals surface area contributed by atoms with E-state index in [0.717, 1.165) is 40.9 Å². The smallest absolute Gasteiger partial charge is 0.412 e. The van der Waals surface area contributed by atoms with Gasteiger partial charge in [-0.2, -0.15) is 0 Å². The number of nitrogens with zero attached hydrogens (tertiary/aromatic N) is 2. The van der Waals surface area contributed by atoms with Crippen molar-refractivity contribution in [2.24, 2.45) is 5.92 Å². The number of benzene rings is 3. The standard InChI is InChI=1S/C31H30ClN3O5/c1-19-28(33-31(37)39-20(2)26-6-4-5-7-27(26)32)29(40-34-19)23-10-8-21(9-11-23)22-12-14-25(15-13-22)35-17-16-24(18-35)30(36)38-3/h4-15,20,24H,16-18H2,1-3H3,(H,33,37)/t20-,24-/m1/s1. The highest BCUT2D eigenvalue weighted by Crippen LogP contribution is 2.34. The average molecular weight is 560 g/mol. The average Bonchev–Trinajstić information content (AvgIpc) is 3.60. The van der Waals surface area contributed by atoms with Gasteiger partial charge in [-0.1, -0.05) is 71.4 Å². The second kappa shape index (κ2) is 11.8. The number of amides is 1. The van der Waals surface area contributed by atoms with Crippen LogP contribution in [0.25, 0.3) is 22.5 Å². The van der Waals surface area contributed by atoms with E-state index in [1.165, 1.54) is 7.11 Å². The lowest BCUT2D eigenvalue weighted by Crippen LogP contribution is -2.23. The summed E-state index contributed by atoms with van der Waals surface area (Å²) in [5, 5.41) is 7.35. The molecule has 2 heterocycles. The maximum atomic E-state index is 12.7. The largest absolute Gasteiger partial charge is 0.469 e. The van der Waals surface area contributed by atoms with Crippen LogP contribution in [-0.4, -0.2) is 37.4 Å². The molecule has 0 spiro atoms. The van der Waals surface area contributed by atoms with Crippen LogP contribution in [-0.2, 0) is 14.3 Å². The molecule has 0 bridgehead atoms. The molecule has 4 aromatic rings. The molecule has 1 amide bonds. The van der Waals surface area contributed by atoms with E-state index in [2.05, 4.69) is 39.6 Å². The zero-order chi connectivity index (χ0) is 28.2. The second-order valence-electron chi connectivity index (χ2n) is 9.75. The number of rotatable bonds is 7. The number of hydrogen-bond donors (Lipinski definition) is 1. The zero-order valence-electron chi connectivity index (χ0n) is 22.5. The Hall–Kier alpha value is -4.30. The van der Waals surface area contributed by atoms with Gasteiger partial charge in [0, 0.05) is 34.9 Å². The van der Waals surface area contributed by atoms with Crippen LogP contribution in [0.1, 0.15) is 30.7 Å². The summed E-state index contributed by atoms with van der Waals surface area (Å²) in [5.41, 5.74) is 5.64. The number of carbonyl (C=O) groups is 2. The first-order valence-corrected chi connectivity index (χ1v) is 13.4. The predicted molar refractivity (Wildman–Crippen MR) is 154 cm³/mol. The molecule has 5 rings (SSSR count). The monoisotopic (exact) mass is 559 g/mol. The highest BCUT2D eigenvalue weighted by Gasteiger charge is 2.29. The summed E-state index contributed by atoms with van der Waals surface area (Å²) in [7, 11) is 1.43. The molecule has 1 N–H and O–H groups in total. The molecule has 1 aliphatic heterocycles. The minimum atomic E-state index is -0.632. The van der Waals surface area contributed by atoms with Gasteiger partial charge in [-0.05, 0) is 49.6 Å². The topological polar surface area (TPSA) is 93.9 Å². The van der Waals surface area contributed by atoms with E-state index in [-0.39, 0.29) is 11.9 Å². The summed E-state index contributed by atoms with van der Waals surface area (Å²) >= 11 is 6.24. The van der Waals surface area contributed by atoms with Crippen molar-refractivity contribution in [3.05, 3.63) is 89.1 Å². The number of anilines is 2. The lowest BCUT2D eigenvalue weighted by Gasteiger charge is -2.18. The van der Waals surface area contributed by atoms with Crippen LogP contribution in [0, 0.1) is 12.8 Å². The van der Waals surface area contributed by atoms with Gasteiger partial charge in [0.15, 0.2) is 5.76 Å². The summed E-state index contributed by atoms with van der Waals surface area (Å²) < 4.78 is 16.0. The third kappa shape index (κ3) is 5.82. The number of nitrogens with one attached hydrogen (secondary N) is 1. The molecular weight excluding hydrogens is 530 g/mol. The molecule has 3 aromatic carbocycles. The van der Waals surface area contributed by atoms with E-state index < -0.39 is 12.2 Å². The number of methoxy groups -OCH3 is 1. The third-order valence-electron chi connectivity index (χ3n) is 7.15. The van der Waals surface area contributed by atoms with Gasteiger partial charge in [-0.15, -0.1) is 0 Å². The van der Waals surface area contributed by atoms with Crippen molar-refractivity contribution in [3.8, 4) is 22.5 Å². The minimum Gasteiger partial charge on any atom is -0.469 e. The van der Waals surface area contributed by atoms with Gasteiger partial charge < -0.3 is 18.9 Å². The van der Waals surface area contributed by atoms with Gasteiger partial charge >= 0.3 is 12.1 Å². The molecule has 9 heteroatoms. The molecule has 1 saturated heterocycles. The number of carbonyl (C=O) groups excluding carboxylic acids is 2. The number of aryl methyl sites for hydroxylation is 1. The van der Waals surface area contributed by atoms with Crippen molar-refractivity contribution in [1.29, 1.82) is 0 Å². The van der Waals surface area contributed by atoms with Crippen LogP contribution >= 0.6 is 11.6 Å². The summed E-state index contributed by atoms with van der Waals surface area (Å²) in [6.07, 6.45) is -0.373. The van der Waals surface area contributed by atoms with Crippen molar-refractivity contribution in [1.82, 2.24) is 5.16 Å². The third-order valence-corrected chi connectivity index (χ3v) is 7.50. The molecule has 0 saturated carbocycles. The molecule has 1 fully saturated rings. The van der Waals surface area contributed by atoms with Crippen LogP contribution in [0.4, 0.5) is 16.2 Å². The molecule has 0 aliphatic carbocycles. The maximum absolute atomic E-state index is 12.7. The first-order valence-electron chi connectivity index (χ1n) is 13.1. The fraction of sp³-hybridized carbons (Fsp3) is 0.258. The molecule has 2 atom stereocenters. The fourth-order valence-corrected chi connectivity index (χ4v) is 5.20. The molecule has 206 valence electrons. The lowest BCUT2D eigenvalue weighted by molar-refractivity contribution is -0.144. The van der Waals surface area contributed by atoms with Gasteiger partial charge in [-0.3, -0.25) is 10.1 Å². The van der Waals surface area contributed by atoms with E-state index in [9.17, 15) is 9.59 Å². The van der Waals surface area contributed by atoms with Crippen LogP contribution in [0.2, 0.25) is 5.02 Å². The van der Waals surface area contributed by atoms with Gasteiger partial charge in [0.05, 0.1) is 13.0 Å². The number of aromatic nitrogens is 1.